The number of hydrogen-bond acceptors (Lipinski definition) is 4. The monoisotopic (exact) mass is 437 g/mol. The lowest BCUT2D eigenvalue weighted by Gasteiger charge is -2.19. The number of amides is 2. The molecule has 2 aromatic carbocycles. The summed E-state index contributed by atoms with van der Waals surface area (Å²) < 4.78 is 1.77. The quantitative estimate of drug-likeness (QED) is 0.486. The zero-order valence-corrected chi connectivity index (χ0v) is 18.0. The molecule has 1 fully saturated rings. The standard InChI is InChI=1S/C26H23N5O2/c32-24-13-7-15-31(24)23-12-5-4-11-22(23)28-26(33)21-18-30(17-19-8-2-1-3-9-19)29-25(21)20-10-6-14-27-16-20/h1-6,8-12,14,16,18H,7,13,15,17H2,(H,28,33). The van der Waals surface area contributed by atoms with Crippen LogP contribution >= 0.6 is 0 Å². The van der Waals surface area contributed by atoms with Crippen LogP contribution in [0.1, 0.15) is 28.8 Å². The van der Waals surface area contributed by atoms with Gasteiger partial charge in [-0.1, -0.05) is 42.5 Å². The number of nitrogens with zero attached hydrogens (tertiary/aromatic N) is 4. The van der Waals surface area contributed by atoms with Gasteiger partial charge in [-0.3, -0.25) is 19.3 Å². The SMILES string of the molecule is O=C(Nc1ccccc1N1CCCC1=O)c1cn(Cc2ccccc2)nc1-c1cccnc1. The molecule has 4 aromatic rings. The molecule has 0 bridgehead atoms. The molecule has 164 valence electrons. The molecule has 0 unspecified atom stereocenters. The number of anilines is 2. The predicted molar refractivity (Wildman–Crippen MR) is 127 cm³/mol. The summed E-state index contributed by atoms with van der Waals surface area (Å²) in [4.78, 5) is 31.6. The van der Waals surface area contributed by atoms with Crippen LogP contribution in [0.25, 0.3) is 11.3 Å². The lowest BCUT2D eigenvalue weighted by molar-refractivity contribution is -0.117. The molecule has 5 rings (SSSR count). The van der Waals surface area contributed by atoms with E-state index in [0.29, 0.717) is 42.1 Å². The van der Waals surface area contributed by atoms with Gasteiger partial charge in [-0.05, 0) is 36.2 Å². The van der Waals surface area contributed by atoms with Crippen LogP contribution in [0.5, 0.6) is 0 Å². The molecule has 0 spiro atoms. The lowest BCUT2D eigenvalue weighted by atomic mass is 10.1. The topological polar surface area (TPSA) is 80.1 Å². The highest BCUT2D eigenvalue weighted by atomic mass is 16.2. The maximum atomic E-state index is 13.4. The summed E-state index contributed by atoms with van der Waals surface area (Å²) in [6.07, 6.45) is 6.49. The van der Waals surface area contributed by atoms with Gasteiger partial charge in [0.1, 0.15) is 5.69 Å². The average Bonchev–Trinajstić information content (AvgIpc) is 3.47. The number of hydrogen-bond donors (Lipinski definition) is 1. The second-order valence-corrected chi connectivity index (χ2v) is 7.94. The summed E-state index contributed by atoms with van der Waals surface area (Å²) in [5.41, 5.74) is 4.17. The molecule has 1 N–H and O–H groups in total. The number of nitrogens with one attached hydrogen (secondary N) is 1. The van der Waals surface area contributed by atoms with Crippen LogP contribution < -0.4 is 10.2 Å². The van der Waals surface area contributed by atoms with Gasteiger partial charge >= 0.3 is 0 Å². The zero-order chi connectivity index (χ0) is 22.6. The first kappa shape index (κ1) is 20.6. The van der Waals surface area contributed by atoms with E-state index in [1.807, 2.05) is 66.7 Å². The number of rotatable bonds is 6. The summed E-state index contributed by atoms with van der Waals surface area (Å²) in [6.45, 7) is 1.20. The van der Waals surface area contributed by atoms with E-state index in [-0.39, 0.29) is 11.8 Å². The summed E-state index contributed by atoms with van der Waals surface area (Å²) >= 11 is 0. The van der Waals surface area contributed by atoms with Gasteiger partial charge < -0.3 is 10.2 Å². The van der Waals surface area contributed by atoms with Crippen molar-refractivity contribution in [3.63, 3.8) is 0 Å². The first-order valence-electron chi connectivity index (χ1n) is 10.9. The average molecular weight is 438 g/mol. The van der Waals surface area contributed by atoms with Crippen molar-refractivity contribution in [1.82, 2.24) is 14.8 Å². The van der Waals surface area contributed by atoms with Crippen LogP contribution in [0.3, 0.4) is 0 Å². The molecule has 0 aliphatic carbocycles. The third-order valence-electron chi connectivity index (χ3n) is 5.65. The van der Waals surface area contributed by atoms with E-state index in [1.54, 1.807) is 28.2 Å². The zero-order valence-electron chi connectivity index (χ0n) is 18.0. The van der Waals surface area contributed by atoms with Gasteiger partial charge in [-0.15, -0.1) is 0 Å². The van der Waals surface area contributed by atoms with Crippen molar-refractivity contribution in [2.45, 2.75) is 19.4 Å². The molecule has 0 atom stereocenters. The van der Waals surface area contributed by atoms with Crippen molar-refractivity contribution in [2.75, 3.05) is 16.8 Å². The Morgan fingerprint density at radius 1 is 1.00 bits per heavy atom. The Morgan fingerprint density at radius 2 is 1.82 bits per heavy atom. The molecule has 3 heterocycles. The molecule has 2 aromatic heterocycles. The molecule has 2 amide bonds. The Kier molecular flexibility index (Phi) is 5.68. The van der Waals surface area contributed by atoms with Crippen LogP contribution in [-0.2, 0) is 11.3 Å². The van der Waals surface area contributed by atoms with E-state index in [9.17, 15) is 9.59 Å². The Morgan fingerprint density at radius 3 is 2.58 bits per heavy atom. The highest BCUT2D eigenvalue weighted by Gasteiger charge is 2.25. The summed E-state index contributed by atoms with van der Waals surface area (Å²) in [6, 6.07) is 21.1. The van der Waals surface area contributed by atoms with E-state index in [0.717, 1.165) is 17.5 Å². The Labute approximate surface area is 191 Å². The van der Waals surface area contributed by atoms with Crippen molar-refractivity contribution in [2.24, 2.45) is 0 Å². The summed E-state index contributed by atoms with van der Waals surface area (Å²) in [7, 11) is 0. The normalized spacial score (nSPS) is 13.3. The molecule has 7 heteroatoms. The molecular formula is C26H23N5O2. The second kappa shape index (κ2) is 9.08. The van der Waals surface area contributed by atoms with Crippen LogP contribution in [0.2, 0.25) is 0 Å². The van der Waals surface area contributed by atoms with Gasteiger partial charge in [0.15, 0.2) is 0 Å². The summed E-state index contributed by atoms with van der Waals surface area (Å²) in [5, 5.41) is 7.71. The van der Waals surface area contributed by atoms with E-state index < -0.39 is 0 Å². The van der Waals surface area contributed by atoms with Gasteiger partial charge in [-0.2, -0.15) is 5.10 Å². The Balaban J connectivity index is 1.48. The fourth-order valence-electron chi connectivity index (χ4n) is 4.06. The number of pyridine rings is 1. The smallest absolute Gasteiger partial charge is 0.259 e. The maximum absolute atomic E-state index is 13.4. The molecular weight excluding hydrogens is 414 g/mol. The minimum Gasteiger partial charge on any atom is -0.320 e. The van der Waals surface area contributed by atoms with E-state index in [2.05, 4.69) is 10.3 Å². The molecule has 0 saturated carbocycles. The number of aromatic nitrogens is 3. The Hall–Kier alpha value is -4.26. The molecule has 1 aliphatic rings. The van der Waals surface area contributed by atoms with Crippen LogP contribution in [0.4, 0.5) is 11.4 Å². The van der Waals surface area contributed by atoms with Gasteiger partial charge in [0.2, 0.25) is 5.91 Å². The van der Waals surface area contributed by atoms with Crippen LogP contribution in [0, 0.1) is 0 Å². The Bertz CT molecular complexity index is 1280. The van der Waals surface area contributed by atoms with Crippen molar-refractivity contribution in [3.05, 3.63) is 96.4 Å². The molecule has 0 radical (unpaired) electrons. The minimum atomic E-state index is -0.285. The third-order valence-corrected chi connectivity index (χ3v) is 5.65. The van der Waals surface area contributed by atoms with E-state index >= 15 is 0 Å². The largest absolute Gasteiger partial charge is 0.320 e. The first-order chi connectivity index (χ1) is 16.2. The lowest BCUT2D eigenvalue weighted by Crippen LogP contribution is -2.25. The number of benzene rings is 2. The van der Waals surface area contributed by atoms with Crippen molar-refractivity contribution in [1.29, 1.82) is 0 Å². The maximum Gasteiger partial charge on any atom is 0.259 e. The second-order valence-electron chi connectivity index (χ2n) is 7.94. The van der Waals surface area contributed by atoms with E-state index in [1.165, 1.54) is 0 Å². The number of para-hydroxylation sites is 2. The van der Waals surface area contributed by atoms with Crippen molar-refractivity contribution < 1.29 is 9.59 Å². The van der Waals surface area contributed by atoms with Gasteiger partial charge in [0, 0.05) is 37.1 Å². The van der Waals surface area contributed by atoms with Crippen molar-refractivity contribution in [3.8, 4) is 11.3 Å². The summed E-state index contributed by atoms with van der Waals surface area (Å²) in [5.74, 6) is -0.212. The van der Waals surface area contributed by atoms with Gasteiger partial charge in [-0.25, -0.2) is 0 Å². The molecule has 7 nitrogen and oxygen atoms in total. The number of carbonyl (C=O) groups excluding carboxylic acids is 2. The molecule has 1 saturated heterocycles. The fraction of sp³-hybridized carbons (Fsp3) is 0.154. The molecule has 33 heavy (non-hydrogen) atoms. The van der Waals surface area contributed by atoms with Crippen molar-refractivity contribution >= 4 is 23.2 Å². The first-order valence-corrected chi connectivity index (χ1v) is 10.9. The highest BCUT2D eigenvalue weighted by molar-refractivity contribution is 6.10. The third kappa shape index (κ3) is 4.39. The van der Waals surface area contributed by atoms with Gasteiger partial charge in [0.25, 0.3) is 5.91 Å². The predicted octanol–water partition coefficient (Wildman–Crippen LogP) is 4.37. The van der Waals surface area contributed by atoms with Crippen LogP contribution in [0.15, 0.2) is 85.3 Å². The molecule has 1 aliphatic heterocycles. The van der Waals surface area contributed by atoms with Crippen LogP contribution in [-0.4, -0.2) is 33.1 Å². The number of carbonyl (C=O) groups is 2. The minimum absolute atomic E-state index is 0.0726. The fourth-order valence-corrected chi connectivity index (χ4v) is 4.06. The van der Waals surface area contributed by atoms with E-state index in [4.69, 9.17) is 5.10 Å². The van der Waals surface area contributed by atoms with Gasteiger partial charge in [0.05, 0.1) is 23.5 Å². The highest BCUT2D eigenvalue weighted by Crippen LogP contribution is 2.30.